The fourth-order valence-corrected chi connectivity index (χ4v) is 3.61. The first-order valence-corrected chi connectivity index (χ1v) is 8.88. The number of aryl methyl sites for hydroxylation is 2. The van der Waals surface area contributed by atoms with Crippen LogP contribution in [0.3, 0.4) is 0 Å². The molecule has 0 atom stereocenters. The van der Waals surface area contributed by atoms with Crippen LogP contribution in [0.25, 0.3) is 0 Å². The van der Waals surface area contributed by atoms with E-state index in [0.717, 1.165) is 24.2 Å². The minimum absolute atomic E-state index is 0.319. The number of aromatic nitrogens is 2. The Labute approximate surface area is 125 Å². The molecule has 0 spiro atoms. The monoisotopic (exact) mass is 320 g/mol. The third-order valence-corrected chi connectivity index (χ3v) is 5.54. The van der Waals surface area contributed by atoms with Crippen molar-refractivity contribution in [2.75, 3.05) is 19.3 Å². The van der Waals surface area contributed by atoms with Crippen LogP contribution in [0, 0.1) is 6.92 Å². The van der Waals surface area contributed by atoms with Crippen LogP contribution in [0.1, 0.15) is 24.2 Å². The maximum Gasteiger partial charge on any atom is 0.211 e. The van der Waals surface area contributed by atoms with Gasteiger partial charge in [-0.2, -0.15) is 5.10 Å². The molecule has 0 aromatic carbocycles. The van der Waals surface area contributed by atoms with Crippen LogP contribution in [0.2, 0.25) is 5.02 Å². The number of hydrogen-bond acceptors (Lipinski definition) is 4. The zero-order valence-electron chi connectivity index (χ0n) is 12.1. The molecular weight excluding hydrogens is 300 g/mol. The van der Waals surface area contributed by atoms with E-state index in [2.05, 4.69) is 10.4 Å². The lowest BCUT2D eigenvalue weighted by Gasteiger charge is -2.30. The van der Waals surface area contributed by atoms with E-state index >= 15 is 0 Å². The van der Waals surface area contributed by atoms with Crippen LogP contribution in [0.15, 0.2) is 0 Å². The van der Waals surface area contributed by atoms with Gasteiger partial charge in [-0.1, -0.05) is 11.6 Å². The van der Waals surface area contributed by atoms with E-state index in [1.54, 1.807) is 4.68 Å². The van der Waals surface area contributed by atoms with Crippen LogP contribution in [-0.4, -0.2) is 47.9 Å². The quantitative estimate of drug-likeness (QED) is 0.895. The predicted molar refractivity (Wildman–Crippen MR) is 79.2 cm³/mol. The smallest absolute Gasteiger partial charge is 0.211 e. The van der Waals surface area contributed by atoms with Crippen molar-refractivity contribution in [3.05, 3.63) is 16.4 Å². The van der Waals surface area contributed by atoms with Crippen LogP contribution in [0.5, 0.6) is 0 Å². The zero-order valence-corrected chi connectivity index (χ0v) is 13.6. The van der Waals surface area contributed by atoms with E-state index in [9.17, 15) is 8.42 Å². The second kappa shape index (κ2) is 6.01. The number of sulfonamides is 1. The molecule has 0 saturated carbocycles. The summed E-state index contributed by atoms with van der Waals surface area (Å²) in [6.45, 7) is 3.69. The Morgan fingerprint density at radius 1 is 1.40 bits per heavy atom. The summed E-state index contributed by atoms with van der Waals surface area (Å²) in [5.74, 6) is 0. The molecule has 0 unspecified atom stereocenters. The molecule has 1 aliphatic heterocycles. The van der Waals surface area contributed by atoms with Crippen LogP contribution in [0.4, 0.5) is 0 Å². The highest BCUT2D eigenvalue weighted by Gasteiger charge is 2.25. The van der Waals surface area contributed by atoms with Crippen molar-refractivity contribution in [3.63, 3.8) is 0 Å². The third kappa shape index (κ3) is 3.52. The van der Waals surface area contributed by atoms with Gasteiger partial charge in [-0.25, -0.2) is 12.7 Å². The molecule has 114 valence electrons. The highest BCUT2D eigenvalue weighted by Crippen LogP contribution is 2.20. The summed E-state index contributed by atoms with van der Waals surface area (Å²) in [6, 6.07) is 0.319. The van der Waals surface area contributed by atoms with Gasteiger partial charge >= 0.3 is 0 Å². The minimum atomic E-state index is -3.06. The molecule has 1 N–H and O–H groups in total. The van der Waals surface area contributed by atoms with Crippen molar-refractivity contribution in [3.8, 4) is 0 Å². The van der Waals surface area contributed by atoms with Gasteiger partial charge in [0.05, 0.1) is 22.7 Å². The van der Waals surface area contributed by atoms with E-state index in [0.29, 0.717) is 30.7 Å². The van der Waals surface area contributed by atoms with Crippen molar-refractivity contribution in [1.82, 2.24) is 19.4 Å². The van der Waals surface area contributed by atoms with Crippen LogP contribution >= 0.6 is 11.6 Å². The average molecular weight is 321 g/mol. The van der Waals surface area contributed by atoms with Crippen molar-refractivity contribution < 1.29 is 8.42 Å². The number of halogens is 1. The van der Waals surface area contributed by atoms with Gasteiger partial charge in [0.15, 0.2) is 0 Å². The molecule has 8 heteroatoms. The lowest BCUT2D eigenvalue weighted by atomic mass is 10.1. The van der Waals surface area contributed by atoms with Crippen molar-refractivity contribution in [2.45, 2.75) is 32.4 Å². The van der Waals surface area contributed by atoms with E-state index in [-0.39, 0.29) is 0 Å². The maximum atomic E-state index is 11.4. The molecule has 1 fully saturated rings. The first kappa shape index (κ1) is 15.8. The lowest BCUT2D eigenvalue weighted by Crippen LogP contribution is -2.44. The first-order valence-electron chi connectivity index (χ1n) is 6.65. The minimum Gasteiger partial charge on any atom is -0.308 e. The van der Waals surface area contributed by atoms with Crippen molar-refractivity contribution >= 4 is 21.6 Å². The molecule has 20 heavy (non-hydrogen) atoms. The van der Waals surface area contributed by atoms with Gasteiger partial charge in [0.25, 0.3) is 0 Å². The van der Waals surface area contributed by atoms with E-state index in [4.69, 9.17) is 11.6 Å². The summed E-state index contributed by atoms with van der Waals surface area (Å²) in [4.78, 5) is 0. The molecule has 1 aromatic heterocycles. The number of piperidine rings is 1. The Hall–Kier alpha value is -0.630. The standard InChI is InChI=1S/C12H21ClN4O2S/c1-9-12(13)11(16(2)15-9)8-14-10-4-6-17(7-5-10)20(3,18)19/h10,14H,4-8H2,1-3H3. The third-order valence-electron chi connectivity index (χ3n) is 3.74. The van der Waals surface area contributed by atoms with Gasteiger partial charge in [0, 0.05) is 32.7 Å². The fourth-order valence-electron chi connectivity index (χ4n) is 2.50. The Balaban J connectivity index is 1.88. The molecule has 0 bridgehead atoms. The molecule has 0 radical (unpaired) electrons. The second-order valence-corrected chi connectivity index (χ2v) is 7.65. The van der Waals surface area contributed by atoms with E-state index in [1.165, 1.54) is 10.6 Å². The summed E-state index contributed by atoms with van der Waals surface area (Å²) in [6.07, 6.45) is 2.90. The summed E-state index contributed by atoms with van der Waals surface area (Å²) in [5, 5.41) is 8.42. The number of rotatable bonds is 4. The van der Waals surface area contributed by atoms with Crippen molar-refractivity contribution in [2.24, 2.45) is 7.05 Å². The maximum absolute atomic E-state index is 11.4. The summed E-state index contributed by atoms with van der Waals surface area (Å²) in [7, 11) is -1.18. The van der Waals surface area contributed by atoms with Gasteiger partial charge in [-0.3, -0.25) is 4.68 Å². The molecule has 0 aliphatic carbocycles. The Morgan fingerprint density at radius 2 is 2.00 bits per heavy atom. The van der Waals surface area contributed by atoms with Crippen molar-refractivity contribution in [1.29, 1.82) is 0 Å². The van der Waals surface area contributed by atoms with E-state index < -0.39 is 10.0 Å². The predicted octanol–water partition coefficient (Wildman–Crippen LogP) is 0.896. The molecule has 2 rings (SSSR count). The summed E-state index contributed by atoms with van der Waals surface area (Å²) in [5.41, 5.74) is 1.80. The van der Waals surface area contributed by atoms with Gasteiger partial charge in [-0.05, 0) is 19.8 Å². The van der Waals surface area contributed by atoms with Gasteiger partial charge in [-0.15, -0.1) is 0 Å². The lowest BCUT2D eigenvalue weighted by molar-refractivity contribution is 0.288. The molecule has 0 amide bonds. The SMILES string of the molecule is Cc1nn(C)c(CNC2CCN(S(C)(=O)=O)CC2)c1Cl. The highest BCUT2D eigenvalue weighted by atomic mass is 35.5. The number of hydrogen-bond donors (Lipinski definition) is 1. The van der Waals surface area contributed by atoms with Crippen LogP contribution in [-0.2, 0) is 23.6 Å². The molecule has 1 aliphatic rings. The molecule has 1 aromatic rings. The molecule has 2 heterocycles. The second-order valence-electron chi connectivity index (χ2n) is 5.29. The highest BCUT2D eigenvalue weighted by molar-refractivity contribution is 7.88. The van der Waals surface area contributed by atoms with Gasteiger partial charge in [0.1, 0.15) is 0 Å². The molecule has 1 saturated heterocycles. The zero-order chi connectivity index (χ0) is 14.9. The first-order chi connectivity index (χ1) is 9.29. The molecule has 6 nitrogen and oxygen atoms in total. The summed E-state index contributed by atoms with van der Waals surface area (Å²) < 4.78 is 26.2. The summed E-state index contributed by atoms with van der Waals surface area (Å²) >= 11 is 6.20. The Morgan fingerprint density at radius 3 is 2.45 bits per heavy atom. The topological polar surface area (TPSA) is 67.2 Å². The number of nitrogens with one attached hydrogen (secondary N) is 1. The van der Waals surface area contributed by atoms with Gasteiger partial charge < -0.3 is 5.32 Å². The van der Waals surface area contributed by atoms with Crippen LogP contribution < -0.4 is 5.32 Å². The average Bonchev–Trinajstić information content (AvgIpc) is 2.61. The van der Waals surface area contributed by atoms with E-state index in [1.807, 2.05) is 14.0 Å². The largest absolute Gasteiger partial charge is 0.308 e. The number of nitrogens with zero attached hydrogens (tertiary/aromatic N) is 3. The Kier molecular flexibility index (Phi) is 4.73. The van der Waals surface area contributed by atoms with Gasteiger partial charge in [0.2, 0.25) is 10.0 Å². The fraction of sp³-hybridized carbons (Fsp3) is 0.750. The molecular formula is C12H21ClN4O2S. The normalized spacial score (nSPS) is 18.6. The Bertz CT molecular complexity index is 577.